The van der Waals surface area contributed by atoms with E-state index >= 15 is 0 Å². The van der Waals surface area contributed by atoms with Crippen LogP contribution in [-0.2, 0) is 0 Å². The fourth-order valence-electron chi connectivity index (χ4n) is 1.88. The van der Waals surface area contributed by atoms with Gasteiger partial charge in [0.15, 0.2) is 0 Å². The van der Waals surface area contributed by atoms with E-state index in [0.717, 1.165) is 6.54 Å². The van der Waals surface area contributed by atoms with Gasteiger partial charge in [0.2, 0.25) is 0 Å². The molecule has 0 saturated heterocycles. The summed E-state index contributed by atoms with van der Waals surface area (Å²) in [6.07, 6.45) is 5.39. The average molecular weight is 153 g/mol. The molecule has 1 saturated carbocycles. The van der Waals surface area contributed by atoms with Gasteiger partial charge in [-0.3, -0.25) is 0 Å². The number of hydrogen-bond donors (Lipinski definition) is 1. The summed E-state index contributed by atoms with van der Waals surface area (Å²) in [5.74, 6) is 0. The maximum Gasteiger partial charge on any atom is 0.0115 e. The lowest BCUT2D eigenvalue weighted by Gasteiger charge is -2.26. The molecular formula is C10H19N. The first-order valence-corrected chi connectivity index (χ1v) is 4.62. The number of rotatable bonds is 3. The van der Waals surface area contributed by atoms with Crippen LogP contribution in [0.4, 0.5) is 0 Å². The van der Waals surface area contributed by atoms with Crippen LogP contribution >= 0.6 is 0 Å². The highest BCUT2D eigenvalue weighted by atomic mass is 14.9. The van der Waals surface area contributed by atoms with E-state index in [9.17, 15) is 0 Å². The fraction of sp³-hybridized carbons (Fsp3) is 0.800. The first-order valence-electron chi connectivity index (χ1n) is 4.62. The van der Waals surface area contributed by atoms with E-state index < -0.39 is 0 Å². The summed E-state index contributed by atoms with van der Waals surface area (Å²) >= 11 is 0. The van der Waals surface area contributed by atoms with Gasteiger partial charge in [0.1, 0.15) is 0 Å². The van der Waals surface area contributed by atoms with E-state index in [1.165, 1.54) is 31.4 Å². The van der Waals surface area contributed by atoms with Crippen molar-refractivity contribution in [2.45, 2.75) is 39.5 Å². The van der Waals surface area contributed by atoms with E-state index in [2.05, 4.69) is 25.7 Å². The quantitative estimate of drug-likeness (QED) is 0.657. The fourth-order valence-corrected chi connectivity index (χ4v) is 1.88. The third-order valence-electron chi connectivity index (χ3n) is 2.83. The minimum atomic E-state index is 0.399. The molecule has 1 aliphatic carbocycles. The van der Waals surface area contributed by atoms with Crippen molar-refractivity contribution in [3.05, 3.63) is 12.3 Å². The zero-order valence-electron chi connectivity index (χ0n) is 7.74. The highest BCUT2D eigenvalue weighted by molar-refractivity contribution is 5.08. The molecule has 0 aromatic rings. The van der Waals surface area contributed by atoms with Gasteiger partial charge in [0.05, 0.1) is 0 Å². The predicted octanol–water partition coefficient (Wildman–Crippen LogP) is 2.69. The highest BCUT2D eigenvalue weighted by Gasteiger charge is 2.30. The van der Waals surface area contributed by atoms with E-state index in [4.69, 9.17) is 0 Å². The summed E-state index contributed by atoms with van der Waals surface area (Å²) in [6, 6.07) is 0. The summed E-state index contributed by atoms with van der Waals surface area (Å²) in [4.78, 5) is 0. The molecule has 0 amide bonds. The molecule has 0 heterocycles. The van der Waals surface area contributed by atoms with E-state index in [-0.39, 0.29) is 0 Å². The van der Waals surface area contributed by atoms with Crippen LogP contribution in [0.25, 0.3) is 0 Å². The normalized spacial score (nSPS) is 21.6. The van der Waals surface area contributed by atoms with Gasteiger partial charge < -0.3 is 5.32 Å². The predicted molar refractivity (Wildman–Crippen MR) is 49.4 cm³/mol. The van der Waals surface area contributed by atoms with Crippen LogP contribution in [-0.4, -0.2) is 6.54 Å². The van der Waals surface area contributed by atoms with Crippen LogP contribution in [0.5, 0.6) is 0 Å². The molecule has 64 valence electrons. The zero-order chi connectivity index (χ0) is 8.32. The first kappa shape index (κ1) is 8.63. The third-order valence-corrected chi connectivity index (χ3v) is 2.83. The Morgan fingerprint density at radius 1 is 1.45 bits per heavy atom. The maximum atomic E-state index is 4.09. The Morgan fingerprint density at radius 3 is 2.45 bits per heavy atom. The topological polar surface area (TPSA) is 12.0 Å². The minimum Gasteiger partial charge on any atom is -0.389 e. The molecule has 0 spiro atoms. The van der Waals surface area contributed by atoms with Crippen molar-refractivity contribution in [2.24, 2.45) is 5.41 Å². The molecule has 1 fully saturated rings. The Labute approximate surface area is 69.9 Å². The average Bonchev–Trinajstić information content (AvgIpc) is 2.38. The summed E-state index contributed by atoms with van der Waals surface area (Å²) < 4.78 is 0. The molecule has 1 heteroatoms. The molecule has 0 aromatic carbocycles. The molecule has 1 nitrogen and oxygen atoms in total. The van der Waals surface area contributed by atoms with Gasteiger partial charge in [0, 0.05) is 17.7 Å². The number of nitrogens with one attached hydrogen (secondary N) is 1. The van der Waals surface area contributed by atoms with Crippen molar-refractivity contribution in [2.75, 3.05) is 6.54 Å². The third kappa shape index (κ3) is 1.76. The summed E-state index contributed by atoms with van der Waals surface area (Å²) in [7, 11) is 0. The van der Waals surface area contributed by atoms with Gasteiger partial charge >= 0.3 is 0 Å². The molecule has 1 N–H and O–H groups in total. The summed E-state index contributed by atoms with van der Waals surface area (Å²) in [5, 5.41) is 3.33. The van der Waals surface area contributed by atoms with Crippen LogP contribution in [0.1, 0.15) is 39.5 Å². The summed E-state index contributed by atoms with van der Waals surface area (Å²) in [6.45, 7) is 9.55. The molecule has 0 radical (unpaired) electrons. The summed E-state index contributed by atoms with van der Waals surface area (Å²) in [5.41, 5.74) is 1.65. The Hall–Kier alpha value is -0.460. The van der Waals surface area contributed by atoms with E-state index in [1.54, 1.807) is 0 Å². The van der Waals surface area contributed by atoms with Gasteiger partial charge in [-0.2, -0.15) is 0 Å². The lowest BCUT2D eigenvalue weighted by molar-refractivity contribution is 0.388. The van der Waals surface area contributed by atoms with Gasteiger partial charge in [0.25, 0.3) is 0 Å². The smallest absolute Gasteiger partial charge is 0.0115 e. The molecular weight excluding hydrogens is 134 g/mol. The first-order chi connectivity index (χ1) is 5.19. The van der Waals surface area contributed by atoms with Gasteiger partial charge in [-0.15, -0.1) is 0 Å². The molecule has 1 aliphatic rings. The molecule has 1 rings (SSSR count). The van der Waals surface area contributed by atoms with Gasteiger partial charge in [-0.05, 0) is 19.8 Å². The maximum absolute atomic E-state index is 4.09. The second-order valence-electron chi connectivity index (χ2n) is 3.78. The van der Waals surface area contributed by atoms with Crippen LogP contribution < -0.4 is 5.32 Å². The van der Waals surface area contributed by atoms with E-state index in [0.29, 0.717) is 5.41 Å². The molecule has 0 unspecified atom stereocenters. The molecule has 0 bridgehead atoms. The Bertz CT molecular complexity index is 143. The molecule has 0 aromatic heterocycles. The SMILES string of the molecule is C=C(NCC)C1(C)CCCC1. The van der Waals surface area contributed by atoms with Crippen molar-refractivity contribution < 1.29 is 0 Å². The van der Waals surface area contributed by atoms with Crippen molar-refractivity contribution in [1.82, 2.24) is 5.32 Å². The van der Waals surface area contributed by atoms with Gasteiger partial charge in [-0.1, -0.05) is 26.3 Å². The second kappa shape index (κ2) is 3.29. The van der Waals surface area contributed by atoms with Crippen molar-refractivity contribution >= 4 is 0 Å². The van der Waals surface area contributed by atoms with Gasteiger partial charge in [-0.25, -0.2) is 0 Å². The largest absolute Gasteiger partial charge is 0.389 e. The van der Waals surface area contributed by atoms with Crippen molar-refractivity contribution in [3.8, 4) is 0 Å². The van der Waals surface area contributed by atoms with Crippen molar-refractivity contribution in [3.63, 3.8) is 0 Å². The minimum absolute atomic E-state index is 0.399. The lowest BCUT2D eigenvalue weighted by atomic mass is 9.85. The lowest BCUT2D eigenvalue weighted by Crippen LogP contribution is -2.25. The Morgan fingerprint density at radius 2 is 2.00 bits per heavy atom. The molecule has 0 aliphatic heterocycles. The van der Waals surface area contributed by atoms with Crippen LogP contribution in [0.3, 0.4) is 0 Å². The van der Waals surface area contributed by atoms with E-state index in [1.807, 2.05) is 0 Å². The van der Waals surface area contributed by atoms with Crippen LogP contribution in [0.2, 0.25) is 0 Å². The second-order valence-corrected chi connectivity index (χ2v) is 3.78. The monoisotopic (exact) mass is 153 g/mol. The molecule has 11 heavy (non-hydrogen) atoms. The zero-order valence-corrected chi connectivity index (χ0v) is 7.74. The highest BCUT2D eigenvalue weighted by Crippen LogP contribution is 2.41. The van der Waals surface area contributed by atoms with Crippen LogP contribution in [0, 0.1) is 5.41 Å². The number of allylic oxidation sites excluding steroid dienone is 1. The standard InChI is InChI=1S/C10H19N/c1-4-11-9(2)10(3)7-5-6-8-10/h11H,2,4-8H2,1,3H3. The van der Waals surface area contributed by atoms with Crippen LogP contribution in [0.15, 0.2) is 12.3 Å². The molecule has 0 atom stereocenters. The Kier molecular flexibility index (Phi) is 2.58. The number of hydrogen-bond acceptors (Lipinski definition) is 1. The van der Waals surface area contributed by atoms with Crippen molar-refractivity contribution in [1.29, 1.82) is 0 Å². The Balaban J connectivity index is 2.49.